The number of nitrogens with zero attached hydrogens (tertiary/aromatic N) is 3. The number of piperidine rings is 1. The number of rotatable bonds is 3. The van der Waals surface area contributed by atoms with Crippen molar-refractivity contribution in [3.05, 3.63) is 63.6 Å². The predicted molar refractivity (Wildman–Crippen MR) is 117 cm³/mol. The molecule has 0 aliphatic carbocycles. The van der Waals surface area contributed by atoms with Crippen LogP contribution in [0.3, 0.4) is 0 Å². The summed E-state index contributed by atoms with van der Waals surface area (Å²) >= 11 is 6.24. The van der Waals surface area contributed by atoms with Crippen LogP contribution in [0.4, 0.5) is 0 Å². The highest BCUT2D eigenvalue weighted by Crippen LogP contribution is 2.46. The first kappa shape index (κ1) is 20.2. The lowest BCUT2D eigenvalue weighted by Gasteiger charge is -2.38. The van der Waals surface area contributed by atoms with Crippen LogP contribution in [0.2, 0.25) is 5.02 Å². The van der Waals surface area contributed by atoms with Gasteiger partial charge in [0.15, 0.2) is 5.76 Å². The second kappa shape index (κ2) is 7.43. The Balaban J connectivity index is 1.32. The van der Waals surface area contributed by atoms with E-state index < -0.39 is 0 Å². The maximum absolute atomic E-state index is 13.1. The van der Waals surface area contributed by atoms with Crippen LogP contribution in [0.1, 0.15) is 45.9 Å². The highest BCUT2D eigenvalue weighted by atomic mass is 35.5. The third kappa shape index (κ3) is 3.23. The van der Waals surface area contributed by atoms with Gasteiger partial charge in [-0.05, 0) is 44.4 Å². The molecule has 1 spiro atoms. The largest absolute Gasteiger partial charge is 0.492 e. The van der Waals surface area contributed by atoms with Crippen molar-refractivity contribution in [1.82, 2.24) is 14.7 Å². The van der Waals surface area contributed by atoms with Gasteiger partial charge in [-0.15, -0.1) is 0 Å². The van der Waals surface area contributed by atoms with Crippen LogP contribution < -0.4 is 10.5 Å². The quantitative estimate of drug-likeness (QED) is 0.670. The summed E-state index contributed by atoms with van der Waals surface area (Å²) in [4.78, 5) is 14.9. The van der Waals surface area contributed by atoms with Crippen molar-refractivity contribution in [2.75, 3.05) is 19.7 Å². The average molecular weight is 441 g/mol. The predicted octanol–water partition coefficient (Wildman–Crippen LogP) is 3.76. The van der Waals surface area contributed by atoms with Crippen molar-refractivity contribution in [3.63, 3.8) is 0 Å². The molecule has 2 N–H and O–H groups in total. The van der Waals surface area contributed by atoms with Crippen LogP contribution in [0.25, 0.3) is 5.88 Å². The Morgan fingerprint density at radius 3 is 2.68 bits per heavy atom. The van der Waals surface area contributed by atoms with Crippen LogP contribution in [0.15, 0.2) is 34.7 Å². The van der Waals surface area contributed by atoms with Crippen molar-refractivity contribution >= 4 is 17.5 Å². The molecule has 2 aliphatic rings. The number of aryl methyl sites for hydroxylation is 1. The average Bonchev–Trinajstić information content (AvgIpc) is 3.48. The molecule has 0 radical (unpaired) electrons. The number of hydrogen-bond acceptors (Lipinski definition) is 5. The zero-order valence-electron chi connectivity index (χ0n) is 17.7. The smallest absolute Gasteiger partial charge is 0.289 e. The number of aromatic nitrogens is 2. The summed E-state index contributed by atoms with van der Waals surface area (Å²) < 4.78 is 13.4. The van der Waals surface area contributed by atoms with Gasteiger partial charge in [0, 0.05) is 36.7 Å². The normalized spacial score (nSPS) is 17.1. The summed E-state index contributed by atoms with van der Waals surface area (Å²) in [5, 5.41) is 4.99. The molecule has 0 bridgehead atoms. The Bertz CT molecular complexity index is 1160. The van der Waals surface area contributed by atoms with Gasteiger partial charge in [0.05, 0.1) is 23.0 Å². The summed E-state index contributed by atoms with van der Waals surface area (Å²) in [6.45, 7) is 6.17. The Morgan fingerprint density at radius 1 is 1.23 bits per heavy atom. The second-order valence-electron chi connectivity index (χ2n) is 8.43. The number of halogens is 1. The van der Waals surface area contributed by atoms with E-state index in [1.54, 1.807) is 16.8 Å². The molecule has 2 aliphatic heterocycles. The van der Waals surface area contributed by atoms with E-state index in [0.29, 0.717) is 42.9 Å². The topological polar surface area (TPSA) is 86.5 Å². The number of fused-ring (bicyclic) bond motifs is 2. The van der Waals surface area contributed by atoms with Gasteiger partial charge in [-0.1, -0.05) is 23.7 Å². The van der Waals surface area contributed by atoms with E-state index >= 15 is 0 Å². The number of carbonyl (C=O) groups excluding carboxylic acids is 1. The molecule has 8 heteroatoms. The molecule has 1 fully saturated rings. The minimum absolute atomic E-state index is 0.0495. The zero-order chi connectivity index (χ0) is 21.8. The molecular weight excluding hydrogens is 416 g/mol. The summed E-state index contributed by atoms with van der Waals surface area (Å²) in [6, 6.07) is 9.65. The van der Waals surface area contributed by atoms with Crippen LogP contribution >= 0.6 is 11.6 Å². The first-order chi connectivity index (χ1) is 14.9. The van der Waals surface area contributed by atoms with Crippen LogP contribution in [-0.4, -0.2) is 40.3 Å². The van der Waals surface area contributed by atoms with Crippen molar-refractivity contribution < 1.29 is 13.9 Å². The minimum Gasteiger partial charge on any atom is -0.492 e. The fraction of sp³-hybridized carbons (Fsp3) is 0.391. The second-order valence-corrected chi connectivity index (χ2v) is 8.81. The van der Waals surface area contributed by atoms with E-state index in [9.17, 15) is 4.79 Å². The number of ether oxygens (including phenoxy) is 1. The first-order valence-corrected chi connectivity index (χ1v) is 10.9. The Morgan fingerprint density at radius 2 is 2.00 bits per heavy atom. The van der Waals surface area contributed by atoms with Gasteiger partial charge in [-0.2, -0.15) is 5.10 Å². The maximum Gasteiger partial charge on any atom is 0.289 e. The Kier molecular flexibility index (Phi) is 4.83. The molecule has 1 amide bonds. The third-order valence-electron chi connectivity index (χ3n) is 6.58. The van der Waals surface area contributed by atoms with Crippen LogP contribution in [-0.2, 0) is 12.0 Å². The number of benzene rings is 1. The molecule has 31 heavy (non-hydrogen) atoms. The van der Waals surface area contributed by atoms with Crippen molar-refractivity contribution in [2.24, 2.45) is 5.73 Å². The molecular formula is C23H25ClN4O3. The highest BCUT2D eigenvalue weighted by molar-refractivity contribution is 6.31. The lowest BCUT2D eigenvalue weighted by Crippen LogP contribution is -2.46. The fourth-order valence-corrected chi connectivity index (χ4v) is 4.76. The first-order valence-electron chi connectivity index (χ1n) is 10.5. The van der Waals surface area contributed by atoms with E-state index in [4.69, 9.17) is 26.5 Å². The number of hydrogen-bond donors (Lipinski definition) is 1. The van der Waals surface area contributed by atoms with Gasteiger partial charge in [0.25, 0.3) is 5.91 Å². The molecule has 0 saturated carbocycles. The molecule has 4 heterocycles. The number of nitrogens with two attached hydrogens (primary N) is 1. The minimum atomic E-state index is -0.108. The maximum atomic E-state index is 13.1. The third-order valence-corrected chi connectivity index (χ3v) is 7.12. The lowest BCUT2D eigenvalue weighted by atomic mass is 9.74. The number of carbonyl (C=O) groups is 1. The number of amides is 1. The van der Waals surface area contributed by atoms with Crippen molar-refractivity contribution in [1.29, 1.82) is 0 Å². The molecule has 3 aromatic rings. The summed E-state index contributed by atoms with van der Waals surface area (Å²) in [7, 11) is 0. The van der Waals surface area contributed by atoms with E-state index in [0.717, 1.165) is 35.5 Å². The van der Waals surface area contributed by atoms with E-state index in [1.807, 2.05) is 30.9 Å². The SMILES string of the molecule is Cc1nn(-c2ccc(C(=O)N3CCC4(CC3)COc3ccc(CN)cc34)o2)c(C)c1Cl. The van der Waals surface area contributed by atoms with Gasteiger partial charge in [-0.3, -0.25) is 4.79 Å². The Hall–Kier alpha value is -2.77. The summed E-state index contributed by atoms with van der Waals surface area (Å²) in [6.07, 6.45) is 1.70. The van der Waals surface area contributed by atoms with Gasteiger partial charge in [0.2, 0.25) is 5.88 Å². The Labute approximate surface area is 185 Å². The molecule has 5 rings (SSSR count). The standard InChI is InChI=1S/C23H25ClN4O3/c1-14-21(24)15(2)28(26-14)20-6-5-19(31-20)22(29)27-9-7-23(8-10-27)13-30-18-4-3-16(12-25)11-17(18)23/h3-6,11H,7-10,12-13,25H2,1-2H3. The fourth-order valence-electron chi connectivity index (χ4n) is 4.64. The monoisotopic (exact) mass is 440 g/mol. The molecule has 1 saturated heterocycles. The van der Waals surface area contributed by atoms with Gasteiger partial charge < -0.3 is 19.8 Å². The molecule has 7 nitrogen and oxygen atoms in total. The summed E-state index contributed by atoms with van der Waals surface area (Å²) in [5.74, 6) is 1.62. The van der Waals surface area contributed by atoms with E-state index in [1.165, 1.54) is 5.56 Å². The highest BCUT2D eigenvalue weighted by Gasteiger charge is 2.44. The zero-order valence-corrected chi connectivity index (χ0v) is 18.4. The molecule has 162 valence electrons. The lowest BCUT2D eigenvalue weighted by molar-refractivity contribution is 0.0615. The van der Waals surface area contributed by atoms with Gasteiger partial charge in [0.1, 0.15) is 5.75 Å². The molecule has 0 atom stereocenters. The van der Waals surface area contributed by atoms with Crippen molar-refractivity contribution in [2.45, 2.75) is 38.6 Å². The molecule has 2 aromatic heterocycles. The summed E-state index contributed by atoms with van der Waals surface area (Å²) in [5.41, 5.74) is 9.62. The molecule has 0 unspecified atom stereocenters. The van der Waals surface area contributed by atoms with Gasteiger partial charge in [-0.25, -0.2) is 4.68 Å². The molecule has 1 aromatic carbocycles. The number of furan rings is 1. The van der Waals surface area contributed by atoms with E-state index in [2.05, 4.69) is 11.2 Å². The van der Waals surface area contributed by atoms with Gasteiger partial charge >= 0.3 is 0 Å². The van der Waals surface area contributed by atoms with Crippen LogP contribution in [0.5, 0.6) is 5.75 Å². The number of likely N-dealkylation sites (tertiary alicyclic amines) is 1. The van der Waals surface area contributed by atoms with Crippen molar-refractivity contribution in [3.8, 4) is 11.6 Å². The van der Waals surface area contributed by atoms with E-state index in [-0.39, 0.29) is 11.3 Å². The van der Waals surface area contributed by atoms with Crippen LogP contribution in [0, 0.1) is 13.8 Å².